The predicted octanol–water partition coefficient (Wildman–Crippen LogP) is -0.669. The van der Waals surface area contributed by atoms with Crippen molar-refractivity contribution in [3.05, 3.63) is 35.9 Å². The number of carboxylic acid groups (broad SMARTS) is 2. The van der Waals surface area contributed by atoms with E-state index < -0.39 is 42.4 Å². The normalized spacial score (nSPS) is 13.7. The number of aliphatic hydroxyl groups is 1. The van der Waals surface area contributed by atoms with E-state index in [1.165, 1.54) is 11.8 Å². The van der Waals surface area contributed by atoms with Crippen LogP contribution in [0.25, 0.3) is 0 Å². The molecule has 0 fully saturated rings. The van der Waals surface area contributed by atoms with Crippen LogP contribution in [0.5, 0.6) is 0 Å². The van der Waals surface area contributed by atoms with Gasteiger partial charge in [0.15, 0.2) is 0 Å². The van der Waals surface area contributed by atoms with Crippen LogP contribution < -0.4 is 16.4 Å². The number of amides is 2. The third-order valence-corrected chi connectivity index (χ3v) is 5.22. The molecule has 10 nitrogen and oxygen atoms in total. The highest BCUT2D eigenvalue weighted by atomic mass is 32.2. The van der Waals surface area contributed by atoms with Crippen LogP contribution in [0.4, 0.5) is 0 Å². The van der Waals surface area contributed by atoms with Crippen LogP contribution in [0.3, 0.4) is 0 Å². The molecule has 1 rings (SSSR count). The second-order valence-corrected chi connectivity index (χ2v) is 7.37. The summed E-state index contributed by atoms with van der Waals surface area (Å²) in [5.41, 5.74) is 6.20. The predicted molar refractivity (Wildman–Crippen MR) is 106 cm³/mol. The van der Waals surface area contributed by atoms with Crippen LogP contribution in [-0.2, 0) is 19.2 Å². The lowest BCUT2D eigenvalue weighted by atomic mass is 10.1. The number of carbonyl (C=O) groups excluding carboxylic acids is 2. The van der Waals surface area contributed by atoms with Crippen molar-refractivity contribution in [3.8, 4) is 0 Å². The summed E-state index contributed by atoms with van der Waals surface area (Å²) in [6.45, 7) is -0.804. The molecular weight excluding hydrogens is 402 g/mol. The number of hydrogen-bond donors (Lipinski definition) is 6. The van der Waals surface area contributed by atoms with Gasteiger partial charge < -0.3 is 31.7 Å². The fourth-order valence-corrected chi connectivity index (χ4v) is 3.39. The van der Waals surface area contributed by atoms with E-state index in [9.17, 15) is 24.3 Å². The van der Waals surface area contributed by atoms with Crippen molar-refractivity contribution in [1.82, 2.24) is 10.6 Å². The molecular formula is C18H25N3O7S. The first-order valence-corrected chi connectivity index (χ1v) is 9.84. The first-order chi connectivity index (χ1) is 13.7. The van der Waals surface area contributed by atoms with Crippen molar-refractivity contribution in [2.45, 2.75) is 30.2 Å². The third kappa shape index (κ3) is 9.41. The van der Waals surface area contributed by atoms with Gasteiger partial charge in [0, 0.05) is 12.2 Å². The molecule has 0 radical (unpaired) electrons. The molecule has 0 spiro atoms. The zero-order chi connectivity index (χ0) is 21.8. The highest BCUT2D eigenvalue weighted by molar-refractivity contribution is 7.99. The van der Waals surface area contributed by atoms with Crippen molar-refractivity contribution < 1.29 is 34.5 Å². The number of benzene rings is 1. The molecule has 1 aromatic rings. The van der Waals surface area contributed by atoms with Gasteiger partial charge in [0.05, 0.1) is 11.9 Å². The number of carboxylic acids is 2. The minimum Gasteiger partial charge on any atom is -0.480 e. The van der Waals surface area contributed by atoms with Crippen LogP contribution in [0, 0.1) is 0 Å². The number of thioether (sulfide) groups is 1. The summed E-state index contributed by atoms with van der Waals surface area (Å²) in [6, 6.07) is 6.81. The van der Waals surface area contributed by atoms with Crippen molar-refractivity contribution in [3.63, 3.8) is 0 Å². The lowest BCUT2D eigenvalue weighted by molar-refractivity contribution is -0.139. The van der Waals surface area contributed by atoms with Crippen LogP contribution in [-0.4, -0.2) is 70.1 Å². The standard InChI is InChI=1S/C18H25N3O7S/c19-12(18(27)28)6-7-15(23)21-13(17(26)20-8-16(24)25)10-29-14(9-22)11-4-2-1-3-5-11/h1-5,12-14,22H,6-10,19H2,(H,20,26)(H,21,23)(H,24,25)(H,27,28)/t12-,13-,14?/m0/s1. The Bertz CT molecular complexity index is 702. The monoisotopic (exact) mass is 427 g/mol. The van der Waals surface area contributed by atoms with Crippen molar-refractivity contribution in [1.29, 1.82) is 0 Å². The van der Waals surface area contributed by atoms with Crippen molar-refractivity contribution in [2.75, 3.05) is 18.9 Å². The summed E-state index contributed by atoms with van der Waals surface area (Å²) in [4.78, 5) is 45.8. The molecule has 0 bridgehead atoms. The molecule has 0 aliphatic rings. The highest BCUT2D eigenvalue weighted by Crippen LogP contribution is 2.28. The van der Waals surface area contributed by atoms with E-state index in [-0.39, 0.29) is 30.5 Å². The molecule has 29 heavy (non-hydrogen) atoms. The molecule has 0 aliphatic heterocycles. The van der Waals surface area contributed by atoms with Crippen LogP contribution in [0.1, 0.15) is 23.7 Å². The molecule has 160 valence electrons. The summed E-state index contributed by atoms with van der Waals surface area (Å²) >= 11 is 1.22. The van der Waals surface area contributed by atoms with E-state index in [4.69, 9.17) is 15.9 Å². The van der Waals surface area contributed by atoms with Crippen molar-refractivity contribution in [2.24, 2.45) is 5.73 Å². The maximum atomic E-state index is 12.3. The summed E-state index contributed by atoms with van der Waals surface area (Å²) in [5.74, 6) is -3.68. The van der Waals surface area contributed by atoms with E-state index in [0.29, 0.717) is 0 Å². The van der Waals surface area contributed by atoms with Gasteiger partial charge in [0.25, 0.3) is 0 Å². The first kappa shape index (κ1) is 24.4. The van der Waals surface area contributed by atoms with E-state index >= 15 is 0 Å². The van der Waals surface area contributed by atoms with Gasteiger partial charge in [-0.2, -0.15) is 0 Å². The quantitative estimate of drug-likeness (QED) is 0.238. The molecule has 7 N–H and O–H groups in total. The summed E-state index contributed by atoms with van der Waals surface area (Å²) in [7, 11) is 0. The fourth-order valence-electron chi connectivity index (χ4n) is 2.28. The molecule has 2 amide bonds. The van der Waals surface area contributed by atoms with E-state index in [2.05, 4.69) is 10.6 Å². The van der Waals surface area contributed by atoms with Gasteiger partial charge in [-0.15, -0.1) is 11.8 Å². The SMILES string of the molecule is N[C@@H](CCC(=O)N[C@@H](CSC(CO)c1ccccc1)C(=O)NCC(=O)O)C(=O)O. The summed E-state index contributed by atoms with van der Waals surface area (Å²) in [6.07, 6.45) is -0.315. The van der Waals surface area contributed by atoms with Crippen molar-refractivity contribution >= 4 is 35.5 Å². The Labute approximate surface area is 171 Å². The zero-order valence-electron chi connectivity index (χ0n) is 15.6. The number of nitrogens with one attached hydrogen (secondary N) is 2. The van der Waals surface area contributed by atoms with E-state index in [1.54, 1.807) is 0 Å². The lowest BCUT2D eigenvalue weighted by Crippen LogP contribution is -2.49. The summed E-state index contributed by atoms with van der Waals surface area (Å²) in [5, 5.41) is 31.4. The molecule has 3 atom stereocenters. The minimum absolute atomic E-state index is 0.0717. The first-order valence-electron chi connectivity index (χ1n) is 8.79. The van der Waals surface area contributed by atoms with Gasteiger partial charge in [-0.25, -0.2) is 0 Å². The number of hydrogen-bond acceptors (Lipinski definition) is 7. The molecule has 1 unspecified atom stereocenters. The highest BCUT2D eigenvalue weighted by Gasteiger charge is 2.24. The number of aliphatic hydroxyl groups excluding tert-OH is 1. The summed E-state index contributed by atoms with van der Waals surface area (Å²) < 4.78 is 0. The average molecular weight is 427 g/mol. The molecule has 0 saturated carbocycles. The maximum Gasteiger partial charge on any atom is 0.322 e. The second kappa shape index (κ2) is 12.8. The Morgan fingerprint density at radius 1 is 1.10 bits per heavy atom. The number of carbonyl (C=O) groups is 4. The number of aliphatic carboxylic acids is 2. The van der Waals surface area contributed by atoms with Crippen LogP contribution in [0.2, 0.25) is 0 Å². The Morgan fingerprint density at radius 3 is 2.31 bits per heavy atom. The maximum absolute atomic E-state index is 12.3. The molecule has 0 aliphatic carbocycles. The Balaban J connectivity index is 2.74. The third-order valence-electron chi connectivity index (χ3n) is 3.87. The van der Waals surface area contributed by atoms with Gasteiger partial charge in [0.2, 0.25) is 11.8 Å². The Hall–Kier alpha value is -2.63. The topological polar surface area (TPSA) is 179 Å². The second-order valence-electron chi connectivity index (χ2n) is 6.13. The van der Waals surface area contributed by atoms with E-state index in [1.807, 2.05) is 30.3 Å². The Morgan fingerprint density at radius 2 is 1.76 bits per heavy atom. The largest absolute Gasteiger partial charge is 0.480 e. The Kier molecular flexibility index (Phi) is 10.7. The average Bonchev–Trinajstić information content (AvgIpc) is 2.70. The van der Waals surface area contributed by atoms with E-state index in [0.717, 1.165) is 5.56 Å². The minimum atomic E-state index is -1.24. The smallest absolute Gasteiger partial charge is 0.322 e. The zero-order valence-corrected chi connectivity index (χ0v) is 16.4. The van der Waals surface area contributed by atoms with Crippen LogP contribution in [0.15, 0.2) is 30.3 Å². The molecule has 11 heteroatoms. The van der Waals surface area contributed by atoms with Gasteiger partial charge in [-0.1, -0.05) is 30.3 Å². The molecule has 1 aromatic carbocycles. The van der Waals surface area contributed by atoms with Gasteiger partial charge >= 0.3 is 11.9 Å². The number of nitrogens with two attached hydrogens (primary N) is 1. The molecule has 0 saturated heterocycles. The molecule has 0 heterocycles. The number of rotatable bonds is 13. The van der Waals surface area contributed by atoms with Gasteiger partial charge in [0.1, 0.15) is 18.6 Å². The van der Waals surface area contributed by atoms with Gasteiger partial charge in [-0.3, -0.25) is 19.2 Å². The lowest BCUT2D eigenvalue weighted by Gasteiger charge is -2.21. The fraction of sp³-hybridized carbons (Fsp3) is 0.444. The van der Waals surface area contributed by atoms with Crippen LogP contribution >= 0.6 is 11.8 Å². The van der Waals surface area contributed by atoms with Gasteiger partial charge in [-0.05, 0) is 12.0 Å². The molecule has 0 aromatic heterocycles.